The average molecular weight is 263 g/mol. The van der Waals surface area contributed by atoms with Crippen molar-refractivity contribution in [3.05, 3.63) is 22.8 Å². The van der Waals surface area contributed by atoms with Crippen molar-refractivity contribution in [3.63, 3.8) is 0 Å². The van der Waals surface area contributed by atoms with Gasteiger partial charge in [0.2, 0.25) is 0 Å². The molecule has 2 heterocycles. The van der Waals surface area contributed by atoms with Gasteiger partial charge < -0.3 is 20.3 Å². The van der Waals surface area contributed by atoms with Crippen molar-refractivity contribution in [2.45, 2.75) is 44.9 Å². The van der Waals surface area contributed by atoms with Crippen LogP contribution in [0.2, 0.25) is 0 Å². The maximum Gasteiger partial charge on any atom is 0.252 e. The Balaban J connectivity index is 2.18. The van der Waals surface area contributed by atoms with Crippen molar-refractivity contribution in [2.75, 3.05) is 0 Å². The Bertz CT molecular complexity index is 569. The third-order valence-electron chi connectivity index (χ3n) is 4.27. The molecule has 5 heteroatoms. The summed E-state index contributed by atoms with van der Waals surface area (Å²) >= 11 is 0. The molecule has 2 atom stereocenters. The molecule has 1 aromatic rings. The fourth-order valence-electron chi connectivity index (χ4n) is 2.71. The zero-order chi connectivity index (χ0) is 13.8. The Morgan fingerprint density at radius 3 is 2.95 bits per heavy atom. The Labute approximate surface area is 111 Å². The van der Waals surface area contributed by atoms with Gasteiger partial charge in [-0.15, -0.1) is 0 Å². The van der Waals surface area contributed by atoms with Crippen LogP contribution in [0.4, 0.5) is 0 Å². The Hall–Kier alpha value is -1.75. The van der Waals surface area contributed by atoms with Gasteiger partial charge in [0.1, 0.15) is 17.1 Å². The van der Waals surface area contributed by atoms with E-state index in [1.54, 1.807) is 0 Å². The molecule has 0 bridgehead atoms. The highest BCUT2D eigenvalue weighted by Crippen LogP contribution is 2.44. The van der Waals surface area contributed by atoms with Crippen LogP contribution in [0.3, 0.4) is 0 Å². The minimum Gasteiger partial charge on any atom is -0.508 e. The quantitative estimate of drug-likeness (QED) is 0.709. The second kappa shape index (κ2) is 3.87. The smallest absolute Gasteiger partial charge is 0.252 e. The van der Waals surface area contributed by atoms with E-state index in [0.717, 1.165) is 5.56 Å². The van der Waals surface area contributed by atoms with Crippen LogP contribution in [0.25, 0.3) is 0 Å². The Kier molecular flexibility index (Phi) is 2.50. The van der Waals surface area contributed by atoms with Gasteiger partial charge in [-0.25, -0.2) is 0 Å². The van der Waals surface area contributed by atoms with Gasteiger partial charge in [0, 0.05) is 24.1 Å². The molecule has 1 aromatic carbocycles. The van der Waals surface area contributed by atoms with Crippen LogP contribution in [0.5, 0.6) is 11.5 Å². The molecule has 0 saturated heterocycles. The van der Waals surface area contributed by atoms with Gasteiger partial charge in [-0.2, -0.15) is 0 Å². The number of fused-ring (bicyclic) bond motifs is 3. The first-order chi connectivity index (χ1) is 8.96. The van der Waals surface area contributed by atoms with Crippen LogP contribution in [0.1, 0.15) is 41.8 Å². The third-order valence-corrected chi connectivity index (χ3v) is 4.27. The fraction of sp³-hybridized carbons (Fsp3) is 0.500. The van der Waals surface area contributed by atoms with E-state index in [0.29, 0.717) is 36.3 Å². The number of amides is 1. The first kappa shape index (κ1) is 12.3. The molecule has 0 spiro atoms. The average Bonchev–Trinajstić information content (AvgIpc) is 2.74. The number of hydrogen-bond acceptors (Lipinski definition) is 4. The summed E-state index contributed by atoms with van der Waals surface area (Å²) in [5.74, 6) is 0.382. The number of aliphatic hydroxyl groups is 1. The highest BCUT2D eigenvalue weighted by Gasteiger charge is 2.42. The lowest BCUT2D eigenvalue weighted by molar-refractivity contribution is -0.0574. The molecule has 0 fully saturated rings. The van der Waals surface area contributed by atoms with Crippen molar-refractivity contribution in [2.24, 2.45) is 0 Å². The van der Waals surface area contributed by atoms with E-state index in [1.807, 2.05) is 13.8 Å². The van der Waals surface area contributed by atoms with Gasteiger partial charge in [-0.05, 0) is 19.4 Å². The van der Waals surface area contributed by atoms with E-state index in [2.05, 4.69) is 5.32 Å². The molecule has 2 aliphatic rings. The van der Waals surface area contributed by atoms with Crippen LogP contribution >= 0.6 is 0 Å². The lowest BCUT2D eigenvalue weighted by atomic mass is 9.85. The van der Waals surface area contributed by atoms with E-state index in [4.69, 9.17) is 4.74 Å². The zero-order valence-electron chi connectivity index (χ0n) is 11.0. The maximum atomic E-state index is 11.7. The predicted molar refractivity (Wildman–Crippen MR) is 68.3 cm³/mol. The van der Waals surface area contributed by atoms with Gasteiger partial charge >= 0.3 is 0 Å². The molecule has 3 N–H and O–H groups in total. The SMILES string of the molecule is CCC1(C)Oc2c(c(O)cc3c2CNC3=O)CC1O. The maximum absolute atomic E-state index is 11.7. The summed E-state index contributed by atoms with van der Waals surface area (Å²) in [5.41, 5.74) is 1.16. The third kappa shape index (κ3) is 1.61. The predicted octanol–water partition coefficient (Wildman–Crippen LogP) is 1.10. The minimum absolute atomic E-state index is 0.0167. The number of rotatable bonds is 1. The van der Waals surface area contributed by atoms with Crippen molar-refractivity contribution >= 4 is 5.91 Å². The summed E-state index contributed by atoms with van der Waals surface area (Å²) < 4.78 is 5.95. The summed E-state index contributed by atoms with van der Waals surface area (Å²) in [6.07, 6.45) is 0.325. The summed E-state index contributed by atoms with van der Waals surface area (Å²) in [6, 6.07) is 1.46. The molecule has 0 aromatic heterocycles. The summed E-state index contributed by atoms with van der Waals surface area (Å²) in [5, 5.41) is 22.9. The second-order valence-electron chi connectivity index (χ2n) is 5.40. The molecular weight excluding hydrogens is 246 g/mol. The monoisotopic (exact) mass is 263 g/mol. The van der Waals surface area contributed by atoms with E-state index >= 15 is 0 Å². The standard InChI is InChI=1S/C14H17NO4/c1-3-14(2)11(17)5-8-10(16)4-7-9(12(8)19-14)6-15-13(7)18/h4,11,16-17H,3,5-6H2,1-2H3,(H,15,18). The first-order valence-electron chi connectivity index (χ1n) is 6.49. The first-order valence-corrected chi connectivity index (χ1v) is 6.49. The number of phenolic OH excluding ortho intramolecular Hbond substituents is 1. The summed E-state index contributed by atoms with van der Waals surface area (Å²) in [6.45, 7) is 4.20. The number of nitrogens with one attached hydrogen (secondary N) is 1. The number of benzene rings is 1. The van der Waals surface area contributed by atoms with Crippen LogP contribution in [0.15, 0.2) is 6.07 Å². The number of carbonyl (C=O) groups is 1. The minimum atomic E-state index is -0.680. The molecular formula is C14H17NO4. The topological polar surface area (TPSA) is 78.8 Å². The van der Waals surface area contributed by atoms with Crippen LogP contribution in [-0.2, 0) is 13.0 Å². The van der Waals surface area contributed by atoms with E-state index in [9.17, 15) is 15.0 Å². The highest BCUT2D eigenvalue weighted by atomic mass is 16.5. The van der Waals surface area contributed by atoms with Gasteiger partial charge in [-0.1, -0.05) is 6.92 Å². The number of carbonyl (C=O) groups excluding carboxylic acids is 1. The second-order valence-corrected chi connectivity index (χ2v) is 5.40. The molecule has 102 valence electrons. The molecule has 2 unspecified atom stereocenters. The molecule has 5 nitrogen and oxygen atoms in total. The molecule has 0 saturated carbocycles. The van der Waals surface area contributed by atoms with Crippen molar-refractivity contribution in [1.82, 2.24) is 5.32 Å². The van der Waals surface area contributed by atoms with Gasteiger partial charge in [0.25, 0.3) is 5.91 Å². The fourth-order valence-corrected chi connectivity index (χ4v) is 2.71. The van der Waals surface area contributed by atoms with Crippen molar-refractivity contribution in [1.29, 1.82) is 0 Å². The molecule has 3 rings (SSSR count). The van der Waals surface area contributed by atoms with Gasteiger partial charge in [0.15, 0.2) is 0 Å². The van der Waals surface area contributed by atoms with E-state index < -0.39 is 11.7 Å². The number of phenols is 1. The Morgan fingerprint density at radius 2 is 2.26 bits per heavy atom. The summed E-state index contributed by atoms with van der Waals surface area (Å²) in [4.78, 5) is 11.7. The van der Waals surface area contributed by atoms with Crippen molar-refractivity contribution < 1.29 is 19.7 Å². The highest BCUT2D eigenvalue weighted by molar-refractivity contribution is 6.00. The lowest BCUT2D eigenvalue weighted by Crippen LogP contribution is -2.48. The van der Waals surface area contributed by atoms with Crippen LogP contribution in [-0.4, -0.2) is 27.8 Å². The summed E-state index contributed by atoms with van der Waals surface area (Å²) in [7, 11) is 0. The van der Waals surface area contributed by atoms with Gasteiger partial charge in [0.05, 0.1) is 11.7 Å². The number of ether oxygens (including phenoxy) is 1. The largest absolute Gasteiger partial charge is 0.508 e. The van der Waals surface area contributed by atoms with E-state index in [1.165, 1.54) is 6.07 Å². The normalized spacial score (nSPS) is 28.4. The molecule has 0 aliphatic carbocycles. The molecule has 19 heavy (non-hydrogen) atoms. The zero-order valence-corrected chi connectivity index (χ0v) is 11.0. The molecule has 2 aliphatic heterocycles. The number of aliphatic hydroxyl groups excluding tert-OH is 1. The number of hydrogen-bond donors (Lipinski definition) is 3. The lowest BCUT2D eigenvalue weighted by Gasteiger charge is -2.40. The number of aromatic hydroxyl groups is 1. The molecule has 0 radical (unpaired) electrons. The van der Waals surface area contributed by atoms with E-state index in [-0.39, 0.29) is 11.7 Å². The van der Waals surface area contributed by atoms with Crippen molar-refractivity contribution in [3.8, 4) is 11.5 Å². The Morgan fingerprint density at radius 1 is 1.53 bits per heavy atom. The van der Waals surface area contributed by atoms with Crippen LogP contribution in [0, 0.1) is 0 Å². The van der Waals surface area contributed by atoms with Gasteiger partial charge in [-0.3, -0.25) is 4.79 Å². The van der Waals surface area contributed by atoms with Crippen LogP contribution < -0.4 is 10.1 Å². The molecule has 1 amide bonds.